The Balaban J connectivity index is 1.25. The van der Waals surface area contributed by atoms with Gasteiger partial charge in [0.2, 0.25) is 10.0 Å². The van der Waals surface area contributed by atoms with Crippen molar-refractivity contribution in [2.75, 3.05) is 52.5 Å². The van der Waals surface area contributed by atoms with E-state index in [1.807, 2.05) is 31.2 Å². The van der Waals surface area contributed by atoms with Crippen LogP contribution < -0.4 is 4.74 Å². The first-order chi connectivity index (χ1) is 17.8. The molecule has 0 saturated carbocycles. The second kappa shape index (κ2) is 12.4. The van der Waals surface area contributed by atoms with Gasteiger partial charge in [-0.2, -0.15) is 4.31 Å². The molecule has 8 nitrogen and oxygen atoms in total. The topological polar surface area (TPSA) is 79.4 Å². The molecule has 1 atom stereocenters. The normalized spacial score (nSPS) is 19.5. The number of rotatable bonds is 8. The van der Waals surface area contributed by atoms with Crippen LogP contribution in [0.25, 0.3) is 0 Å². The van der Waals surface area contributed by atoms with Gasteiger partial charge in [-0.05, 0) is 55.7 Å². The number of halogens is 2. The van der Waals surface area contributed by atoms with Gasteiger partial charge in [0.1, 0.15) is 11.6 Å². The van der Waals surface area contributed by atoms with E-state index in [9.17, 15) is 17.6 Å². The molecule has 0 spiro atoms. The van der Waals surface area contributed by atoms with Gasteiger partial charge in [0, 0.05) is 51.7 Å². The van der Waals surface area contributed by atoms with Crippen molar-refractivity contribution >= 4 is 27.7 Å². The number of piperidine rings is 1. The van der Waals surface area contributed by atoms with Gasteiger partial charge in [0.15, 0.2) is 0 Å². The van der Waals surface area contributed by atoms with Gasteiger partial charge >= 0.3 is 6.09 Å². The third kappa shape index (κ3) is 7.13. The highest BCUT2D eigenvalue weighted by atomic mass is 35.5. The lowest BCUT2D eigenvalue weighted by Crippen LogP contribution is -2.48. The van der Waals surface area contributed by atoms with Crippen LogP contribution in [0.4, 0.5) is 9.18 Å². The molecule has 2 heterocycles. The summed E-state index contributed by atoms with van der Waals surface area (Å²) in [6.07, 6.45) is 1.35. The smallest absolute Gasteiger partial charge is 0.409 e. The number of sulfonamides is 1. The van der Waals surface area contributed by atoms with Crippen molar-refractivity contribution in [2.24, 2.45) is 5.92 Å². The van der Waals surface area contributed by atoms with Crippen molar-refractivity contribution in [3.63, 3.8) is 0 Å². The van der Waals surface area contributed by atoms with Crippen molar-refractivity contribution in [2.45, 2.75) is 31.2 Å². The fourth-order valence-electron chi connectivity index (χ4n) is 4.63. The van der Waals surface area contributed by atoms with Gasteiger partial charge < -0.3 is 14.4 Å². The monoisotopic (exact) mass is 553 g/mol. The number of ether oxygens (including phenoxy) is 2. The molecule has 37 heavy (non-hydrogen) atoms. The maximum Gasteiger partial charge on any atom is 0.409 e. The summed E-state index contributed by atoms with van der Waals surface area (Å²) in [6.45, 7) is 7.05. The van der Waals surface area contributed by atoms with Crippen LogP contribution in [0, 0.1) is 11.7 Å². The first-order valence-corrected chi connectivity index (χ1v) is 14.4. The van der Waals surface area contributed by atoms with Crippen molar-refractivity contribution in [1.29, 1.82) is 0 Å². The summed E-state index contributed by atoms with van der Waals surface area (Å²) >= 11 is 5.80. The molecule has 2 aromatic rings. The first kappa shape index (κ1) is 27.6. The van der Waals surface area contributed by atoms with Gasteiger partial charge in [-0.25, -0.2) is 17.6 Å². The average molecular weight is 554 g/mol. The minimum Gasteiger partial charge on any atom is -0.493 e. The molecule has 202 valence electrons. The summed E-state index contributed by atoms with van der Waals surface area (Å²) in [6, 6.07) is 11.4. The molecule has 0 N–H and O–H groups in total. The molecule has 0 bridgehead atoms. The number of carbonyl (C=O) groups excluding carboxylic acids is 1. The predicted molar refractivity (Wildman–Crippen MR) is 139 cm³/mol. The Bertz CT molecular complexity index is 1170. The van der Waals surface area contributed by atoms with Crippen LogP contribution in [-0.4, -0.2) is 81.1 Å². The number of nitrogens with zero attached hydrogens (tertiary/aromatic N) is 3. The highest BCUT2D eigenvalue weighted by Gasteiger charge is 2.31. The molecule has 1 amide bonds. The summed E-state index contributed by atoms with van der Waals surface area (Å²) in [5.74, 6) is 0.143. The summed E-state index contributed by atoms with van der Waals surface area (Å²) in [5, 5.41) is -0.208. The fraction of sp³-hybridized carbons (Fsp3) is 0.500. The van der Waals surface area contributed by atoms with E-state index >= 15 is 0 Å². The molecule has 0 unspecified atom stereocenters. The molecule has 2 aliphatic heterocycles. The second-order valence-corrected chi connectivity index (χ2v) is 11.7. The molecule has 0 aliphatic carbocycles. The summed E-state index contributed by atoms with van der Waals surface area (Å²) in [5.41, 5.74) is 1.16. The van der Waals surface area contributed by atoms with E-state index in [1.54, 1.807) is 4.90 Å². The van der Waals surface area contributed by atoms with Gasteiger partial charge in [0.05, 0.1) is 23.1 Å². The highest BCUT2D eigenvalue weighted by Crippen LogP contribution is 2.27. The van der Waals surface area contributed by atoms with Crippen molar-refractivity contribution in [3.05, 3.63) is 58.9 Å². The van der Waals surface area contributed by atoms with Crippen LogP contribution in [0.2, 0.25) is 5.02 Å². The fourth-order valence-corrected chi connectivity index (χ4v) is 6.46. The Hall–Kier alpha value is -2.40. The number of amides is 1. The van der Waals surface area contributed by atoms with Crippen LogP contribution >= 0.6 is 11.6 Å². The Kier molecular flexibility index (Phi) is 9.28. The Morgan fingerprint density at radius 3 is 2.49 bits per heavy atom. The predicted octanol–water partition coefficient (Wildman–Crippen LogP) is 4.23. The zero-order valence-corrected chi connectivity index (χ0v) is 22.5. The van der Waals surface area contributed by atoms with Gasteiger partial charge in [-0.3, -0.25) is 4.90 Å². The van der Waals surface area contributed by atoms with Crippen molar-refractivity contribution < 1.29 is 27.1 Å². The molecule has 0 aromatic heterocycles. The molecule has 2 saturated heterocycles. The molecular weight excluding hydrogens is 521 g/mol. The van der Waals surface area contributed by atoms with E-state index in [-0.39, 0.29) is 21.9 Å². The first-order valence-electron chi connectivity index (χ1n) is 12.6. The van der Waals surface area contributed by atoms with Crippen LogP contribution in [0.3, 0.4) is 0 Å². The van der Waals surface area contributed by atoms with E-state index in [1.165, 1.54) is 10.4 Å². The van der Waals surface area contributed by atoms with E-state index in [0.717, 1.165) is 55.9 Å². The second-order valence-electron chi connectivity index (χ2n) is 9.36. The lowest BCUT2D eigenvalue weighted by molar-refractivity contribution is 0.0778. The lowest BCUT2D eigenvalue weighted by Gasteiger charge is -2.34. The maximum absolute atomic E-state index is 13.5. The third-order valence-corrected chi connectivity index (χ3v) is 8.87. The van der Waals surface area contributed by atoms with E-state index < -0.39 is 15.8 Å². The number of hydrogen-bond donors (Lipinski definition) is 0. The number of benzene rings is 2. The molecule has 2 aliphatic rings. The molecule has 0 radical (unpaired) electrons. The lowest BCUT2D eigenvalue weighted by atomic mass is 10.0. The standard InChI is InChI=1S/C26H33ClFN3O5S/c1-2-35-26(32)30-14-12-29(13-15-30)17-20-5-7-22(8-6-20)36-19-21-4-3-11-31(18-21)37(33,34)23-9-10-25(28)24(27)16-23/h5-10,16,21H,2-4,11-15,17-19H2,1H3/t21-/m1/s1. The van der Waals surface area contributed by atoms with Crippen LogP contribution in [0.1, 0.15) is 25.3 Å². The summed E-state index contributed by atoms with van der Waals surface area (Å²) in [7, 11) is -3.75. The zero-order chi connectivity index (χ0) is 26.4. The number of hydrogen-bond acceptors (Lipinski definition) is 6. The molecule has 2 aromatic carbocycles. The van der Waals surface area contributed by atoms with Crippen LogP contribution in [-0.2, 0) is 21.3 Å². The van der Waals surface area contributed by atoms with Gasteiger partial charge in [0.25, 0.3) is 0 Å². The Morgan fingerprint density at radius 2 is 1.81 bits per heavy atom. The van der Waals surface area contributed by atoms with E-state index in [0.29, 0.717) is 39.4 Å². The average Bonchev–Trinajstić information content (AvgIpc) is 2.90. The SMILES string of the molecule is CCOC(=O)N1CCN(Cc2ccc(OC[C@@H]3CCCN(S(=O)(=O)c4ccc(F)c(Cl)c4)C3)cc2)CC1. The molecule has 2 fully saturated rings. The van der Waals surface area contributed by atoms with Crippen LogP contribution in [0.15, 0.2) is 47.4 Å². The van der Waals surface area contributed by atoms with Crippen molar-refractivity contribution in [3.8, 4) is 5.75 Å². The summed E-state index contributed by atoms with van der Waals surface area (Å²) in [4.78, 5) is 15.9. The Morgan fingerprint density at radius 1 is 1.08 bits per heavy atom. The maximum atomic E-state index is 13.5. The zero-order valence-electron chi connectivity index (χ0n) is 20.9. The van der Waals surface area contributed by atoms with E-state index in [2.05, 4.69) is 4.90 Å². The quantitative estimate of drug-likeness (QED) is 0.487. The number of piperazine rings is 1. The van der Waals surface area contributed by atoms with Gasteiger partial charge in [-0.15, -0.1) is 0 Å². The largest absolute Gasteiger partial charge is 0.493 e. The molecular formula is C26H33ClFN3O5S. The number of carbonyl (C=O) groups is 1. The van der Waals surface area contributed by atoms with E-state index in [4.69, 9.17) is 21.1 Å². The molecule has 4 rings (SSSR count). The summed E-state index contributed by atoms with van der Waals surface area (Å²) < 4.78 is 52.0. The minimum absolute atomic E-state index is 0.00152. The van der Waals surface area contributed by atoms with Crippen LogP contribution in [0.5, 0.6) is 5.75 Å². The Labute approximate surface area is 222 Å². The van der Waals surface area contributed by atoms with Gasteiger partial charge in [-0.1, -0.05) is 23.7 Å². The van der Waals surface area contributed by atoms with Crippen molar-refractivity contribution in [1.82, 2.24) is 14.1 Å². The third-order valence-electron chi connectivity index (χ3n) is 6.72. The molecule has 11 heteroatoms. The minimum atomic E-state index is -3.75. The highest BCUT2D eigenvalue weighted by molar-refractivity contribution is 7.89.